The number of rotatable bonds is 4. The second kappa shape index (κ2) is 5.40. The highest BCUT2D eigenvalue weighted by Crippen LogP contribution is 2.31. The molecule has 18 heavy (non-hydrogen) atoms. The first-order valence-corrected chi connectivity index (χ1v) is 6.30. The van der Waals surface area contributed by atoms with Crippen molar-refractivity contribution in [2.45, 2.75) is 13.8 Å². The molecule has 2 nitrogen and oxygen atoms in total. The summed E-state index contributed by atoms with van der Waals surface area (Å²) in [6.07, 6.45) is 0. The Morgan fingerprint density at radius 2 is 1.83 bits per heavy atom. The molecule has 0 saturated carbocycles. The van der Waals surface area contributed by atoms with Gasteiger partial charge in [-0.05, 0) is 12.1 Å². The largest absolute Gasteiger partial charge is 0.485 e. The predicted octanol–water partition coefficient (Wildman–Crippen LogP) is 4.10. The van der Waals surface area contributed by atoms with Gasteiger partial charge in [0.15, 0.2) is 5.78 Å². The highest BCUT2D eigenvalue weighted by Gasteiger charge is 2.10. The fourth-order valence-corrected chi connectivity index (χ4v) is 1.90. The number of carbonyl (C=O) groups is 1. The number of fused-ring (bicyclic) bond motifs is 1. The van der Waals surface area contributed by atoms with Gasteiger partial charge in [-0.15, -0.1) is 0 Å². The number of hydrogen-bond donors (Lipinski definition) is 0. The molecular formula is C15H15ClO2. The van der Waals surface area contributed by atoms with Crippen molar-refractivity contribution >= 4 is 28.2 Å². The first-order valence-electron chi connectivity index (χ1n) is 5.92. The number of carbonyl (C=O) groups excluding carboxylic acids is 1. The third-order valence-corrected chi connectivity index (χ3v) is 3.17. The van der Waals surface area contributed by atoms with Crippen molar-refractivity contribution in [1.82, 2.24) is 0 Å². The summed E-state index contributed by atoms with van der Waals surface area (Å²) in [6.45, 7) is 3.83. The number of ether oxygens (including phenoxy) is 1. The Morgan fingerprint density at radius 3 is 2.50 bits per heavy atom. The van der Waals surface area contributed by atoms with Crippen LogP contribution >= 0.6 is 11.6 Å². The van der Waals surface area contributed by atoms with Gasteiger partial charge < -0.3 is 4.74 Å². The zero-order valence-electron chi connectivity index (χ0n) is 10.4. The standard InChI is InChI=1S/C15H15ClO2/c1-10(2)14(17)9-18-15-8-7-13(16)11-5-3-4-6-12(11)15/h3-8,10H,9H2,1-2H3. The second-order valence-corrected chi connectivity index (χ2v) is 4.91. The molecule has 0 aromatic heterocycles. The summed E-state index contributed by atoms with van der Waals surface area (Å²) in [5.41, 5.74) is 0. The summed E-state index contributed by atoms with van der Waals surface area (Å²) in [6, 6.07) is 11.3. The Kier molecular flexibility index (Phi) is 3.87. The molecule has 0 aliphatic heterocycles. The lowest BCUT2D eigenvalue weighted by atomic mass is 10.1. The zero-order valence-corrected chi connectivity index (χ0v) is 11.2. The topological polar surface area (TPSA) is 26.3 Å². The van der Waals surface area contributed by atoms with Crippen LogP contribution in [0.4, 0.5) is 0 Å². The summed E-state index contributed by atoms with van der Waals surface area (Å²) >= 11 is 6.12. The molecule has 2 rings (SSSR count). The fourth-order valence-electron chi connectivity index (χ4n) is 1.68. The average Bonchev–Trinajstić information content (AvgIpc) is 2.38. The molecule has 0 saturated heterocycles. The summed E-state index contributed by atoms with van der Waals surface area (Å²) in [5, 5.41) is 2.56. The summed E-state index contributed by atoms with van der Waals surface area (Å²) in [5.74, 6) is 0.779. The van der Waals surface area contributed by atoms with Crippen molar-refractivity contribution in [1.29, 1.82) is 0 Å². The van der Waals surface area contributed by atoms with Crippen LogP contribution in [0.5, 0.6) is 5.75 Å². The molecular weight excluding hydrogens is 248 g/mol. The molecule has 0 fully saturated rings. The maximum atomic E-state index is 11.6. The smallest absolute Gasteiger partial charge is 0.172 e. The van der Waals surface area contributed by atoms with Gasteiger partial charge in [0, 0.05) is 21.7 Å². The Balaban J connectivity index is 2.29. The number of Topliss-reactive ketones (excluding diaryl/α,β-unsaturated/α-hetero) is 1. The van der Waals surface area contributed by atoms with Crippen molar-refractivity contribution in [2.24, 2.45) is 5.92 Å². The van der Waals surface area contributed by atoms with Crippen molar-refractivity contribution in [3.63, 3.8) is 0 Å². The molecule has 94 valence electrons. The Bertz CT molecular complexity index is 576. The molecule has 0 radical (unpaired) electrons. The van der Waals surface area contributed by atoms with Crippen molar-refractivity contribution in [3.05, 3.63) is 41.4 Å². The lowest BCUT2D eigenvalue weighted by molar-refractivity contribution is -0.123. The molecule has 2 aromatic carbocycles. The van der Waals surface area contributed by atoms with Gasteiger partial charge in [-0.3, -0.25) is 4.79 Å². The van der Waals surface area contributed by atoms with E-state index in [1.54, 1.807) is 12.1 Å². The maximum absolute atomic E-state index is 11.6. The SMILES string of the molecule is CC(C)C(=O)COc1ccc(Cl)c2ccccc12. The van der Waals surface area contributed by atoms with Crippen molar-refractivity contribution in [2.75, 3.05) is 6.61 Å². The normalized spacial score (nSPS) is 10.9. The van der Waals surface area contributed by atoms with Crippen LogP contribution < -0.4 is 4.74 Å². The van der Waals surface area contributed by atoms with Gasteiger partial charge in [0.25, 0.3) is 0 Å². The first kappa shape index (κ1) is 12.9. The van der Waals surface area contributed by atoms with Crippen LogP contribution in [0, 0.1) is 5.92 Å². The number of halogens is 1. The summed E-state index contributed by atoms with van der Waals surface area (Å²) in [4.78, 5) is 11.6. The van der Waals surface area contributed by atoms with Gasteiger partial charge in [0.05, 0.1) is 0 Å². The van der Waals surface area contributed by atoms with E-state index in [0.717, 1.165) is 10.8 Å². The van der Waals surface area contributed by atoms with E-state index in [1.165, 1.54) is 0 Å². The van der Waals surface area contributed by atoms with Crippen LogP contribution in [0.15, 0.2) is 36.4 Å². The number of ketones is 1. The van der Waals surface area contributed by atoms with E-state index < -0.39 is 0 Å². The van der Waals surface area contributed by atoms with Gasteiger partial charge in [0.1, 0.15) is 12.4 Å². The summed E-state index contributed by atoms with van der Waals surface area (Å²) < 4.78 is 5.59. The van der Waals surface area contributed by atoms with Crippen LogP contribution in [0.3, 0.4) is 0 Å². The molecule has 0 bridgehead atoms. The van der Waals surface area contributed by atoms with Gasteiger partial charge >= 0.3 is 0 Å². The highest BCUT2D eigenvalue weighted by atomic mass is 35.5. The lowest BCUT2D eigenvalue weighted by Crippen LogP contribution is -2.16. The Hall–Kier alpha value is -1.54. The molecule has 0 spiro atoms. The molecule has 3 heteroatoms. The van der Waals surface area contributed by atoms with Crippen LogP contribution in [0.1, 0.15) is 13.8 Å². The van der Waals surface area contributed by atoms with E-state index in [1.807, 2.05) is 38.1 Å². The van der Waals surface area contributed by atoms with Gasteiger partial charge in [-0.2, -0.15) is 0 Å². The molecule has 0 unspecified atom stereocenters. The Labute approximate surface area is 112 Å². The fraction of sp³-hybridized carbons (Fsp3) is 0.267. The zero-order chi connectivity index (χ0) is 13.1. The van der Waals surface area contributed by atoms with E-state index >= 15 is 0 Å². The third-order valence-electron chi connectivity index (χ3n) is 2.84. The molecule has 0 heterocycles. The molecule has 0 aliphatic carbocycles. The number of hydrogen-bond acceptors (Lipinski definition) is 2. The van der Waals surface area contributed by atoms with E-state index in [2.05, 4.69) is 0 Å². The third kappa shape index (κ3) is 2.65. The summed E-state index contributed by atoms with van der Waals surface area (Å²) in [7, 11) is 0. The maximum Gasteiger partial charge on any atom is 0.172 e. The molecule has 0 atom stereocenters. The van der Waals surface area contributed by atoms with E-state index in [9.17, 15) is 4.79 Å². The molecule has 0 aliphatic rings. The van der Waals surface area contributed by atoms with Crippen LogP contribution in [0.25, 0.3) is 10.8 Å². The van der Waals surface area contributed by atoms with E-state index in [0.29, 0.717) is 10.8 Å². The van der Waals surface area contributed by atoms with Gasteiger partial charge in [0.2, 0.25) is 0 Å². The number of benzene rings is 2. The molecule has 0 amide bonds. The Morgan fingerprint density at radius 1 is 1.17 bits per heavy atom. The van der Waals surface area contributed by atoms with Crippen molar-refractivity contribution < 1.29 is 9.53 Å². The van der Waals surface area contributed by atoms with Crippen LogP contribution in [-0.2, 0) is 4.79 Å². The average molecular weight is 263 g/mol. The predicted molar refractivity (Wildman–Crippen MR) is 74.3 cm³/mol. The monoisotopic (exact) mass is 262 g/mol. The second-order valence-electron chi connectivity index (χ2n) is 4.50. The minimum atomic E-state index is -0.0106. The molecule has 2 aromatic rings. The van der Waals surface area contributed by atoms with Gasteiger partial charge in [-0.1, -0.05) is 49.7 Å². The minimum Gasteiger partial charge on any atom is -0.485 e. The van der Waals surface area contributed by atoms with Crippen LogP contribution in [0.2, 0.25) is 5.02 Å². The first-order chi connectivity index (χ1) is 8.59. The van der Waals surface area contributed by atoms with Crippen LogP contribution in [-0.4, -0.2) is 12.4 Å². The van der Waals surface area contributed by atoms with Crippen molar-refractivity contribution in [3.8, 4) is 5.75 Å². The van der Waals surface area contributed by atoms with E-state index in [4.69, 9.17) is 16.3 Å². The lowest BCUT2D eigenvalue weighted by Gasteiger charge is -2.10. The van der Waals surface area contributed by atoms with Gasteiger partial charge in [-0.25, -0.2) is 0 Å². The quantitative estimate of drug-likeness (QED) is 0.829. The van der Waals surface area contributed by atoms with E-state index in [-0.39, 0.29) is 18.3 Å². The minimum absolute atomic E-state index is 0.0106. The molecule has 0 N–H and O–H groups in total. The highest BCUT2D eigenvalue weighted by molar-refractivity contribution is 6.35.